The molecule has 1 amide bonds. The molecular weight excluding hydrogens is 300 g/mol. The van der Waals surface area contributed by atoms with E-state index in [1.807, 2.05) is 62.4 Å². The number of rotatable bonds is 4. The highest BCUT2D eigenvalue weighted by atomic mass is 16.1. The Morgan fingerprint density at radius 1 is 0.958 bits per heavy atom. The number of aryl methyl sites for hydroxylation is 1. The predicted molar refractivity (Wildman–Crippen MR) is 95.6 cm³/mol. The van der Waals surface area contributed by atoms with Gasteiger partial charge in [-0.2, -0.15) is 0 Å². The van der Waals surface area contributed by atoms with Crippen LogP contribution in [0.1, 0.15) is 21.6 Å². The van der Waals surface area contributed by atoms with E-state index in [1.54, 1.807) is 12.3 Å². The van der Waals surface area contributed by atoms with Gasteiger partial charge in [-0.25, -0.2) is 9.97 Å². The van der Waals surface area contributed by atoms with Gasteiger partial charge in [-0.05, 0) is 49.2 Å². The van der Waals surface area contributed by atoms with Crippen LogP contribution in [0.4, 0.5) is 17.3 Å². The molecule has 0 aliphatic rings. The fourth-order valence-electron chi connectivity index (χ4n) is 2.27. The number of hydrogen-bond donors (Lipinski definition) is 2. The zero-order valence-electron chi connectivity index (χ0n) is 13.6. The second-order valence-electron chi connectivity index (χ2n) is 5.46. The third kappa shape index (κ3) is 3.57. The Morgan fingerprint density at radius 3 is 2.54 bits per heavy atom. The van der Waals surface area contributed by atoms with E-state index in [9.17, 15) is 4.79 Å². The number of nitrogens with one attached hydrogen (secondary N) is 2. The number of carbonyl (C=O) groups is 1. The van der Waals surface area contributed by atoms with Crippen molar-refractivity contribution >= 4 is 23.2 Å². The summed E-state index contributed by atoms with van der Waals surface area (Å²) >= 11 is 0. The lowest BCUT2D eigenvalue weighted by atomic mass is 10.1. The highest BCUT2D eigenvalue weighted by Gasteiger charge is 2.10. The first kappa shape index (κ1) is 15.7. The maximum absolute atomic E-state index is 12.3. The van der Waals surface area contributed by atoms with Crippen molar-refractivity contribution < 1.29 is 4.79 Å². The van der Waals surface area contributed by atoms with Crippen LogP contribution in [0.5, 0.6) is 0 Å². The number of carbonyl (C=O) groups excluding carboxylic acids is 1. The van der Waals surface area contributed by atoms with Gasteiger partial charge in [0, 0.05) is 17.6 Å². The van der Waals surface area contributed by atoms with Crippen molar-refractivity contribution in [2.75, 3.05) is 10.6 Å². The van der Waals surface area contributed by atoms with Gasteiger partial charge < -0.3 is 10.6 Å². The SMILES string of the molecule is Cc1cccc(Nc2nccc(C(=O)Nc3ccccc3)n2)c1C. The second kappa shape index (κ2) is 6.91. The Balaban J connectivity index is 1.79. The van der Waals surface area contributed by atoms with Crippen molar-refractivity contribution in [3.05, 3.63) is 77.6 Å². The molecule has 0 atom stereocenters. The average molecular weight is 318 g/mol. The molecule has 0 fully saturated rings. The number of para-hydroxylation sites is 1. The predicted octanol–water partition coefficient (Wildman–Crippen LogP) is 4.09. The summed E-state index contributed by atoms with van der Waals surface area (Å²) in [7, 11) is 0. The molecule has 0 saturated heterocycles. The monoisotopic (exact) mass is 318 g/mol. The molecule has 5 heteroatoms. The molecule has 0 aliphatic heterocycles. The molecule has 120 valence electrons. The first-order valence-electron chi connectivity index (χ1n) is 7.66. The molecule has 0 spiro atoms. The zero-order valence-corrected chi connectivity index (χ0v) is 13.6. The fraction of sp³-hybridized carbons (Fsp3) is 0.105. The smallest absolute Gasteiger partial charge is 0.274 e. The van der Waals surface area contributed by atoms with Crippen molar-refractivity contribution in [1.82, 2.24) is 9.97 Å². The van der Waals surface area contributed by atoms with Gasteiger partial charge in [-0.1, -0.05) is 30.3 Å². The van der Waals surface area contributed by atoms with Gasteiger partial charge in [0.25, 0.3) is 5.91 Å². The number of aromatic nitrogens is 2. The molecule has 3 aromatic rings. The molecule has 0 bridgehead atoms. The number of hydrogen-bond acceptors (Lipinski definition) is 4. The van der Waals surface area contributed by atoms with Gasteiger partial charge in [0.05, 0.1) is 0 Å². The van der Waals surface area contributed by atoms with Gasteiger partial charge in [-0.15, -0.1) is 0 Å². The van der Waals surface area contributed by atoms with Crippen molar-refractivity contribution in [2.24, 2.45) is 0 Å². The van der Waals surface area contributed by atoms with Crippen LogP contribution in [-0.4, -0.2) is 15.9 Å². The molecule has 2 N–H and O–H groups in total. The summed E-state index contributed by atoms with van der Waals surface area (Å²) in [5, 5.41) is 5.98. The number of benzene rings is 2. The van der Waals surface area contributed by atoms with Gasteiger partial charge in [0.2, 0.25) is 5.95 Å². The van der Waals surface area contributed by atoms with E-state index >= 15 is 0 Å². The molecule has 3 rings (SSSR count). The van der Waals surface area contributed by atoms with E-state index < -0.39 is 0 Å². The van der Waals surface area contributed by atoms with Crippen molar-refractivity contribution in [2.45, 2.75) is 13.8 Å². The lowest BCUT2D eigenvalue weighted by Crippen LogP contribution is -2.14. The van der Waals surface area contributed by atoms with E-state index in [4.69, 9.17) is 0 Å². The zero-order chi connectivity index (χ0) is 16.9. The Bertz CT molecular complexity index is 862. The lowest BCUT2D eigenvalue weighted by Gasteiger charge is -2.11. The summed E-state index contributed by atoms with van der Waals surface area (Å²) in [4.78, 5) is 20.8. The van der Waals surface area contributed by atoms with Crippen molar-refractivity contribution in [3.8, 4) is 0 Å². The minimum atomic E-state index is -0.271. The molecular formula is C19H18N4O. The first-order valence-corrected chi connectivity index (χ1v) is 7.66. The summed E-state index contributed by atoms with van der Waals surface area (Å²) in [6.07, 6.45) is 1.57. The summed E-state index contributed by atoms with van der Waals surface area (Å²) in [5.41, 5.74) is 4.26. The van der Waals surface area contributed by atoms with E-state index in [1.165, 1.54) is 5.56 Å². The number of nitrogens with zero attached hydrogens (tertiary/aromatic N) is 2. The van der Waals surface area contributed by atoms with Gasteiger partial charge >= 0.3 is 0 Å². The van der Waals surface area contributed by atoms with Crippen LogP contribution in [0, 0.1) is 13.8 Å². The molecule has 0 aliphatic carbocycles. The second-order valence-corrected chi connectivity index (χ2v) is 5.46. The first-order chi connectivity index (χ1) is 11.6. The van der Waals surface area contributed by atoms with Crippen molar-refractivity contribution in [1.29, 1.82) is 0 Å². The van der Waals surface area contributed by atoms with Crippen LogP contribution in [-0.2, 0) is 0 Å². The highest BCUT2D eigenvalue weighted by Crippen LogP contribution is 2.21. The average Bonchev–Trinajstić information content (AvgIpc) is 2.60. The minimum absolute atomic E-state index is 0.271. The van der Waals surface area contributed by atoms with Gasteiger partial charge in [0.1, 0.15) is 5.69 Å². The van der Waals surface area contributed by atoms with Crippen molar-refractivity contribution in [3.63, 3.8) is 0 Å². The van der Waals surface area contributed by atoms with Crippen LogP contribution in [0.15, 0.2) is 60.8 Å². The number of amides is 1. The van der Waals surface area contributed by atoms with E-state index in [0.717, 1.165) is 16.9 Å². The normalized spacial score (nSPS) is 10.2. The molecule has 0 saturated carbocycles. The summed E-state index contributed by atoms with van der Waals surface area (Å²) in [6, 6.07) is 16.8. The van der Waals surface area contributed by atoms with Crippen LogP contribution in [0.3, 0.4) is 0 Å². The standard InChI is InChI=1S/C19H18N4O/c1-13-7-6-10-16(14(13)2)22-19-20-12-11-17(23-19)18(24)21-15-8-4-3-5-9-15/h3-12H,1-2H3,(H,21,24)(H,20,22,23). The Morgan fingerprint density at radius 2 is 1.75 bits per heavy atom. The highest BCUT2D eigenvalue weighted by molar-refractivity contribution is 6.02. The van der Waals surface area contributed by atoms with E-state index in [-0.39, 0.29) is 5.91 Å². The fourth-order valence-corrected chi connectivity index (χ4v) is 2.27. The maximum Gasteiger partial charge on any atom is 0.274 e. The van der Waals surface area contributed by atoms with Crippen LogP contribution in [0.2, 0.25) is 0 Å². The van der Waals surface area contributed by atoms with E-state index in [2.05, 4.69) is 20.6 Å². The summed E-state index contributed by atoms with van der Waals surface area (Å²) < 4.78 is 0. The quantitative estimate of drug-likeness (QED) is 0.760. The lowest BCUT2D eigenvalue weighted by molar-refractivity contribution is 0.102. The summed E-state index contributed by atoms with van der Waals surface area (Å²) in [5.74, 6) is 0.122. The molecule has 0 unspecified atom stereocenters. The van der Waals surface area contributed by atoms with Crippen LogP contribution >= 0.6 is 0 Å². The molecule has 0 radical (unpaired) electrons. The topological polar surface area (TPSA) is 66.9 Å². The molecule has 1 heterocycles. The van der Waals surface area contributed by atoms with E-state index in [0.29, 0.717) is 11.6 Å². The van der Waals surface area contributed by atoms with Crippen LogP contribution < -0.4 is 10.6 Å². The Kier molecular flexibility index (Phi) is 4.52. The van der Waals surface area contributed by atoms with Gasteiger partial charge in [-0.3, -0.25) is 4.79 Å². The minimum Gasteiger partial charge on any atom is -0.324 e. The Hall–Kier alpha value is -3.21. The maximum atomic E-state index is 12.3. The largest absolute Gasteiger partial charge is 0.324 e. The third-order valence-corrected chi connectivity index (χ3v) is 3.77. The third-order valence-electron chi connectivity index (χ3n) is 3.77. The van der Waals surface area contributed by atoms with Gasteiger partial charge in [0.15, 0.2) is 0 Å². The molecule has 24 heavy (non-hydrogen) atoms. The molecule has 1 aromatic heterocycles. The Labute approximate surface area is 140 Å². The molecule has 2 aromatic carbocycles. The van der Waals surface area contributed by atoms with Crippen LogP contribution in [0.25, 0.3) is 0 Å². The summed E-state index contributed by atoms with van der Waals surface area (Å²) in [6.45, 7) is 4.08. The molecule has 5 nitrogen and oxygen atoms in total. The number of anilines is 3.